The lowest BCUT2D eigenvalue weighted by molar-refractivity contribution is -0.134. The number of hydrogen-bond donors (Lipinski definition) is 1. The molecule has 5 nitrogen and oxygen atoms in total. The van der Waals surface area contributed by atoms with Crippen LogP contribution in [-0.2, 0) is 17.9 Å². The van der Waals surface area contributed by atoms with E-state index in [4.69, 9.17) is 5.73 Å². The third-order valence-corrected chi connectivity index (χ3v) is 6.09. The van der Waals surface area contributed by atoms with Crippen molar-refractivity contribution in [3.8, 4) is 0 Å². The molecule has 0 aliphatic heterocycles. The first-order valence-electron chi connectivity index (χ1n) is 10.3. The van der Waals surface area contributed by atoms with Crippen molar-refractivity contribution >= 4 is 5.91 Å². The van der Waals surface area contributed by atoms with Gasteiger partial charge in [-0.1, -0.05) is 45.2 Å². The van der Waals surface area contributed by atoms with E-state index in [1.807, 2.05) is 24.5 Å². The number of carbonyl (C=O) groups excluding carboxylic acids is 1. The van der Waals surface area contributed by atoms with Crippen LogP contribution in [0.4, 0.5) is 0 Å². The summed E-state index contributed by atoms with van der Waals surface area (Å²) in [4.78, 5) is 24.3. The van der Waals surface area contributed by atoms with E-state index in [2.05, 4.69) is 47.8 Å². The molecule has 1 saturated carbocycles. The Bertz CT molecular complexity index is 812. The van der Waals surface area contributed by atoms with Gasteiger partial charge in [0.25, 0.3) is 0 Å². The fourth-order valence-electron chi connectivity index (χ4n) is 4.37. The molecule has 1 aliphatic carbocycles. The van der Waals surface area contributed by atoms with Gasteiger partial charge >= 0.3 is 0 Å². The number of primary amides is 1. The van der Waals surface area contributed by atoms with Gasteiger partial charge in [-0.3, -0.25) is 19.7 Å². The van der Waals surface area contributed by atoms with Gasteiger partial charge < -0.3 is 5.73 Å². The number of amides is 1. The topological polar surface area (TPSA) is 72.1 Å². The van der Waals surface area contributed by atoms with E-state index < -0.39 is 5.54 Å². The van der Waals surface area contributed by atoms with Crippen LogP contribution in [0.25, 0.3) is 0 Å². The van der Waals surface area contributed by atoms with Gasteiger partial charge in [0.2, 0.25) is 5.91 Å². The van der Waals surface area contributed by atoms with E-state index in [9.17, 15) is 4.79 Å². The quantitative estimate of drug-likeness (QED) is 0.785. The minimum Gasteiger partial charge on any atom is -0.368 e. The second-order valence-electron chi connectivity index (χ2n) is 8.27. The normalized spacial score (nSPS) is 16.5. The molecule has 0 spiro atoms. The molecular weight excluding hydrogens is 348 g/mol. The molecule has 0 atom stereocenters. The molecule has 5 heteroatoms. The predicted molar refractivity (Wildman–Crippen MR) is 112 cm³/mol. The number of aromatic nitrogens is 2. The van der Waals surface area contributed by atoms with Crippen LogP contribution in [0, 0.1) is 6.92 Å². The summed E-state index contributed by atoms with van der Waals surface area (Å²) < 4.78 is 0. The summed E-state index contributed by atoms with van der Waals surface area (Å²) in [5.74, 6) is 0.154. The van der Waals surface area contributed by atoms with Gasteiger partial charge in [0, 0.05) is 25.5 Å². The van der Waals surface area contributed by atoms with Crippen molar-refractivity contribution in [2.75, 3.05) is 0 Å². The van der Waals surface area contributed by atoms with Crippen LogP contribution in [0.2, 0.25) is 0 Å². The average Bonchev–Trinajstić information content (AvgIpc) is 2.69. The fourth-order valence-corrected chi connectivity index (χ4v) is 4.37. The number of rotatable bonds is 7. The highest BCUT2D eigenvalue weighted by molar-refractivity contribution is 5.84. The summed E-state index contributed by atoms with van der Waals surface area (Å²) in [5, 5.41) is 0. The van der Waals surface area contributed by atoms with Gasteiger partial charge in [0.05, 0.1) is 11.4 Å². The first-order valence-corrected chi connectivity index (χ1v) is 10.3. The lowest BCUT2D eigenvalue weighted by Crippen LogP contribution is -2.58. The second-order valence-corrected chi connectivity index (χ2v) is 8.27. The average molecular weight is 381 g/mol. The number of carbonyl (C=O) groups is 1. The maximum atomic E-state index is 12.7. The molecule has 1 amide bonds. The van der Waals surface area contributed by atoms with E-state index in [1.165, 1.54) is 5.56 Å². The lowest BCUT2D eigenvalue weighted by Gasteiger charge is -2.44. The number of pyridine rings is 2. The van der Waals surface area contributed by atoms with Crippen LogP contribution >= 0.6 is 0 Å². The maximum Gasteiger partial charge on any atom is 0.237 e. The zero-order chi connectivity index (χ0) is 20.1. The van der Waals surface area contributed by atoms with Gasteiger partial charge in [-0.15, -0.1) is 0 Å². The Morgan fingerprint density at radius 1 is 1.07 bits per heavy atom. The van der Waals surface area contributed by atoms with Crippen molar-refractivity contribution in [1.82, 2.24) is 14.9 Å². The Balaban J connectivity index is 2.01. The van der Waals surface area contributed by atoms with E-state index in [1.54, 1.807) is 0 Å². The number of hydrogen-bond acceptors (Lipinski definition) is 4. The minimum atomic E-state index is -0.631. The SMILES string of the molecule is Cc1cccnc1CN(Cc1ncccc1C(C)C)C1(C(N)=O)CCCCC1. The number of aryl methyl sites for hydroxylation is 1. The second kappa shape index (κ2) is 8.82. The molecule has 150 valence electrons. The zero-order valence-corrected chi connectivity index (χ0v) is 17.3. The molecule has 1 aliphatic rings. The van der Waals surface area contributed by atoms with Gasteiger partial charge in [0.1, 0.15) is 5.54 Å². The lowest BCUT2D eigenvalue weighted by atomic mass is 9.79. The van der Waals surface area contributed by atoms with Crippen molar-refractivity contribution < 1.29 is 4.79 Å². The largest absolute Gasteiger partial charge is 0.368 e. The summed E-state index contributed by atoms with van der Waals surface area (Å²) >= 11 is 0. The smallest absolute Gasteiger partial charge is 0.237 e. The van der Waals surface area contributed by atoms with Gasteiger partial charge in [-0.05, 0) is 48.9 Å². The predicted octanol–water partition coefficient (Wildman–Crippen LogP) is 4.10. The van der Waals surface area contributed by atoms with E-state index in [0.717, 1.165) is 49.1 Å². The van der Waals surface area contributed by atoms with Crippen molar-refractivity contribution in [3.63, 3.8) is 0 Å². The van der Waals surface area contributed by atoms with Gasteiger partial charge in [-0.25, -0.2) is 0 Å². The molecule has 2 N–H and O–H groups in total. The highest BCUT2D eigenvalue weighted by atomic mass is 16.1. The molecule has 0 unspecified atom stereocenters. The Kier molecular flexibility index (Phi) is 6.45. The van der Waals surface area contributed by atoms with Crippen molar-refractivity contribution in [1.29, 1.82) is 0 Å². The zero-order valence-electron chi connectivity index (χ0n) is 17.3. The summed E-state index contributed by atoms with van der Waals surface area (Å²) in [7, 11) is 0. The number of nitrogens with zero attached hydrogens (tertiary/aromatic N) is 3. The monoisotopic (exact) mass is 380 g/mol. The molecule has 3 rings (SSSR count). The Hall–Kier alpha value is -2.27. The third-order valence-electron chi connectivity index (χ3n) is 6.09. The molecule has 1 fully saturated rings. The van der Waals surface area contributed by atoms with Crippen molar-refractivity contribution in [2.24, 2.45) is 5.73 Å². The summed E-state index contributed by atoms with van der Waals surface area (Å²) in [5.41, 5.74) is 9.77. The Labute approximate surface area is 168 Å². The molecular formula is C23H32N4O. The van der Waals surface area contributed by atoms with Crippen molar-refractivity contribution in [2.45, 2.75) is 77.4 Å². The molecule has 0 bridgehead atoms. The molecule has 2 aromatic rings. The molecule has 0 radical (unpaired) electrons. The fraction of sp³-hybridized carbons (Fsp3) is 0.522. The molecule has 2 heterocycles. The highest BCUT2D eigenvalue weighted by Crippen LogP contribution is 2.36. The maximum absolute atomic E-state index is 12.7. The van der Waals surface area contributed by atoms with E-state index in [0.29, 0.717) is 19.0 Å². The minimum absolute atomic E-state index is 0.220. The summed E-state index contributed by atoms with van der Waals surface area (Å²) in [6, 6.07) is 8.13. The first kappa shape index (κ1) is 20.5. The van der Waals surface area contributed by atoms with Gasteiger partial charge in [0.15, 0.2) is 0 Å². The number of nitrogens with two attached hydrogens (primary N) is 1. The highest BCUT2D eigenvalue weighted by Gasteiger charge is 2.43. The van der Waals surface area contributed by atoms with Crippen LogP contribution in [0.3, 0.4) is 0 Å². The van der Waals surface area contributed by atoms with Crippen LogP contribution in [0.5, 0.6) is 0 Å². The van der Waals surface area contributed by atoms with Crippen LogP contribution in [0.15, 0.2) is 36.7 Å². The first-order chi connectivity index (χ1) is 13.4. The van der Waals surface area contributed by atoms with E-state index >= 15 is 0 Å². The standard InChI is InChI=1S/C23H32N4O/c1-17(2)19-10-8-14-26-21(19)16-27(15-20-18(3)9-7-13-25-20)23(22(24)28)11-5-4-6-12-23/h7-10,13-14,17H,4-6,11-12,15-16H2,1-3H3,(H2,24,28). The molecule has 0 aromatic carbocycles. The Morgan fingerprint density at radius 2 is 1.68 bits per heavy atom. The molecule has 28 heavy (non-hydrogen) atoms. The Morgan fingerprint density at radius 3 is 2.29 bits per heavy atom. The van der Waals surface area contributed by atoms with Crippen LogP contribution in [-0.4, -0.2) is 26.3 Å². The van der Waals surface area contributed by atoms with E-state index in [-0.39, 0.29) is 5.91 Å². The summed E-state index contributed by atoms with van der Waals surface area (Å²) in [6.07, 6.45) is 8.48. The third kappa shape index (κ3) is 4.25. The summed E-state index contributed by atoms with van der Waals surface area (Å²) in [6.45, 7) is 7.63. The van der Waals surface area contributed by atoms with Crippen molar-refractivity contribution in [3.05, 3.63) is 59.2 Å². The van der Waals surface area contributed by atoms with Gasteiger partial charge in [-0.2, -0.15) is 0 Å². The van der Waals surface area contributed by atoms with Crippen LogP contribution < -0.4 is 5.73 Å². The van der Waals surface area contributed by atoms with Crippen LogP contribution in [0.1, 0.15) is 74.4 Å². The molecule has 2 aromatic heterocycles. The molecule has 0 saturated heterocycles.